The van der Waals surface area contributed by atoms with Crippen LogP contribution in [0.5, 0.6) is 11.5 Å². The third-order valence-electron chi connectivity index (χ3n) is 6.18. The summed E-state index contributed by atoms with van der Waals surface area (Å²) in [5, 5.41) is 6.38. The second-order valence-corrected chi connectivity index (χ2v) is 8.73. The number of nitrogens with one attached hydrogen (secondary N) is 3. The monoisotopic (exact) mass is 469 g/mol. The number of rotatable bonds is 9. The highest BCUT2D eigenvalue weighted by molar-refractivity contribution is 6.08. The van der Waals surface area contributed by atoms with E-state index in [0.717, 1.165) is 38.8 Å². The molecule has 1 amide bonds. The summed E-state index contributed by atoms with van der Waals surface area (Å²) in [5.74, 6) is 0.239. The van der Waals surface area contributed by atoms with E-state index in [1.54, 1.807) is 6.20 Å². The van der Waals surface area contributed by atoms with E-state index in [4.69, 9.17) is 14.2 Å². The molecular formula is C24H28FN5O4. The Morgan fingerprint density at radius 1 is 1.15 bits per heavy atom. The molecule has 3 aromatic rings. The summed E-state index contributed by atoms with van der Waals surface area (Å²) in [6.07, 6.45) is 7.00. The molecule has 1 saturated carbocycles. The summed E-state index contributed by atoms with van der Waals surface area (Å²) < 4.78 is 31.2. The Balaban J connectivity index is 1.49. The zero-order valence-electron chi connectivity index (χ0n) is 19.0. The highest BCUT2D eigenvalue weighted by Gasteiger charge is 2.25. The van der Waals surface area contributed by atoms with Crippen molar-refractivity contribution in [3.63, 3.8) is 0 Å². The minimum Gasteiger partial charge on any atom is -0.492 e. The number of aromatic amines is 1. The maximum Gasteiger partial charge on any atom is 0.255 e. The summed E-state index contributed by atoms with van der Waals surface area (Å²) in [4.78, 5) is 24.8. The summed E-state index contributed by atoms with van der Waals surface area (Å²) in [6, 6.07) is 2.98. The van der Waals surface area contributed by atoms with Crippen molar-refractivity contribution >= 4 is 16.9 Å². The van der Waals surface area contributed by atoms with Crippen LogP contribution >= 0.6 is 0 Å². The molecule has 180 valence electrons. The van der Waals surface area contributed by atoms with E-state index in [1.165, 1.54) is 25.6 Å². The van der Waals surface area contributed by atoms with Crippen LogP contribution in [0.4, 0.5) is 4.39 Å². The SMILES string of the molecule is COCOc1cc(OCC2CC2)c(-c2ncnc3c(C(=O)NC4CCNCC4)c[nH]c23)cc1F. The number of nitrogens with zero attached hydrogens (tertiary/aromatic N) is 2. The molecule has 2 aliphatic rings. The average molecular weight is 470 g/mol. The van der Waals surface area contributed by atoms with Crippen molar-refractivity contribution in [2.75, 3.05) is 33.6 Å². The first-order valence-electron chi connectivity index (χ1n) is 11.6. The number of carbonyl (C=O) groups excluding carboxylic acids is 1. The smallest absolute Gasteiger partial charge is 0.255 e. The number of hydrogen-bond acceptors (Lipinski definition) is 7. The van der Waals surface area contributed by atoms with Crippen LogP contribution in [0.1, 0.15) is 36.0 Å². The second kappa shape index (κ2) is 9.94. The van der Waals surface area contributed by atoms with Gasteiger partial charge in [-0.2, -0.15) is 0 Å². The van der Waals surface area contributed by atoms with E-state index in [0.29, 0.717) is 46.1 Å². The molecule has 9 nitrogen and oxygen atoms in total. The standard InChI is InChI=1S/C24H28FN5O4/c1-32-13-34-20-9-19(33-11-14-2-3-14)16(8-18(20)25)21-23-22(29-12-28-21)17(10-27-23)24(31)30-15-4-6-26-7-5-15/h8-10,12,14-15,26-27H,2-7,11,13H2,1H3,(H,30,31). The van der Waals surface area contributed by atoms with Gasteiger partial charge in [0.15, 0.2) is 18.4 Å². The minimum absolute atomic E-state index is 0.0372. The normalized spacial score (nSPS) is 16.5. The number of fused-ring (bicyclic) bond motifs is 1. The molecule has 2 aromatic heterocycles. The number of piperidine rings is 1. The van der Waals surface area contributed by atoms with Crippen LogP contribution in [0.25, 0.3) is 22.3 Å². The first kappa shape index (κ1) is 22.5. The fraction of sp³-hybridized carbons (Fsp3) is 0.458. The summed E-state index contributed by atoms with van der Waals surface area (Å²) >= 11 is 0. The Hall–Kier alpha value is -3.24. The van der Waals surface area contributed by atoms with Crippen LogP contribution in [0.3, 0.4) is 0 Å². The Morgan fingerprint density at radius 2 is 1.97 bits per heavy atom. The van der Waals surface area contributed by atoms with Gasteiger partial charge in [0.25, 0.3) is 5.91 Å². The highest BCUT2D eigenvalue weighted by atomic mass is 19.1. The van der Waals surface area contributed by atoms with Crippen LogP contribution in [0.15, 0.2) is 24.7 Å². The van der Waals surface area contributed by atoms with Crippen molar-refractivity contribution in [1.29, 1.82) is 0 Å². The number of halogens is 1. The van der Waals surface area contributed by atoms with Gasteiger partial charge in [-0.1, -0.05) is 0 Å². The molecule has 0 bridgehead atoms. The van der Waals surface area contributed by atoms with Crippen LogP contribution in [0, 0.1) is 11.7 Å². The van der Waals surface area contributed by atoms with E-state index in [2.05, 4.69) is 25.6 Å². The molecule has 0 radical (unpaired) electrons. The van der Waals surface area contributed by atoms with Gasteiger partial charge in [-0.05, 0) is 50.8 Å². The van der Waals surface area contributed by atoms with Crippen molar-refractivity contribution in [2.45, 2.75) is 31.7 Å². The summed E-state index contributed by atoms with van der Waals surface area (Å²) in [5.41, 5.74) is 2.36. The Morgan fingerprint density at radius 3 is 2.74 bits per heavy atom. The molecule has 0 unspecified atom stereocenters. The predicted octanol–water partition coefficient (Wildman–Crippen LogP) is 3.02. The fourth-order valence-corrected chi connectivity index (χ4v) is 4.11. The van der Waals surface area contributed by atoms with E-state index < -0.39 is 5.82 Å². The Bertz CT molecular complexity index is 1170. The first-order chi connectivity index (χ1) is 16.6. The molecular weight excluding hydrogens is 441 g/mol. The van der Waals surface area contributed by atoms with Gasteiger partial charge in [-0.15, -0.1) is 0 Å². The Kier molecular flexibility index (Phi) is 6.59. The number of methoxy groups -OCH3 is 1. The van der Waals surface area contributed by atoms with Crippen LogP contribution in [-0.2, 0) is 4.74 Å². The van der Waals surface area contributed by atoms with Crippen molar-refractivity contribution in [3.05, 3.63) is 36.0 Å². The number of amides is 1. The topological polar surface area (TPSA) is 110 Å². The van der Waals surface area contributed by atoms with Gasteiger partial charge in [0.05, 0.1) is 17.7 Å². The lowest BCUT2D eigenvalue weighted by Gasteiger charge is -2.23. The quantitative estimate of drug-likeness (QED) is 0.413. The Labute approximate surface area is 196 Å². The lowest BCUT2D eigenvalue weighted by Crippen LogP contribution is -2.42. The maximum absolute atomic E-state index is 14.9. The first-order valence-corrected chi connectivity index (χ1v) is 11.6. The van der Waals surface area contributed by atoms with E-state index in [9.17, 15) is 9.18 Å². The zero-order chi connectivity index (χ0) is 23.5. The minimum atomic E-state index is -0.562. The largest absolute Gasteiger partial charge is 0.492 e. The number of aromatic nitrogens is 3. The third-order valence-corrected chi connectivity index (χ3v) is 6.18. The lowest BCUT2D eigenvalue weighted by atomic mass is 10.1. The van der Waals surface area contributed by atoms with Gasteiger partial charge in [-0.3, -0.25) is 4.79 Å². The third kappa shape index (κ3) is 4.83. The average Bonchev–Trinajstić information content (AvgIpc) is 3.58. The van der Waals surface area contributed by atoms with Crippen LogP contribution in [-0.4, -0.2) is 60.5 Å². The molecule has 34 heavy (non-hydrogen) atoms. The van der Waals surface area contributed by atoms with Crippen LogP contribution in [0.2, 0.25) is 0 Å². The van der Waals surface area contributed by atoms with Crippen molar-refractivity contribution in [3.8, 4) is 22.8 Å². The van der Waals surface area contributed by atoms with Gasteiger partial charge in [0.1, 0.15) is 23.3 Å². The summed E-state index contributed by atoms with van der Waals surface area (Å²) in [7, 11) is 1.47. The molecule has 3 N–H and O–H groups in total. The molecule has 1 saturated heterocycles. The second-order valence-electron chi connectivity index (χ2n) is 8.73. The van der Waals surface area contributed by atoms with Crippen molar-refractivity contribution < 1.29 is 23.4 Å². The van der Waals surface area contributed by atoms with Gasteiger partial charge in [0.2, 0.25) is 0 Å². The van der Waals surface area contributed by atoms with E-state index >= 15 is 0 Å². The molecule has 1 aromatic carbocycles. The molecule has 10 heteroatoms. The zero-order valence-corrected chi connectivity index (χ0v) is 19.0. The number of H-pyrrole nitrogens is 1. The lowest BCUT2D eigenvalue weighted by molar-refractivity contribution is 0.0481. The molecule has 2 fully saturated rings. The van der Waals surface area contributed by atoms with Crippen molar-refractivity contribution in [1.82, 2.24) is 25.6 Å². The van der Waals surface area contributed by atoms with E-state index in [1.807, 2.05) is 0 Å². The number of ether oxygens (including phenoxy) is 3. The molecule has 1 aliphatic heterocycles. The molecule has 1 aliphatic carbocycles. The summed E-state index contributed by atoms with van der Waals surface area (Å²) in [6.45, 7) is 2.21. The number of hydrogen-bond donors (Lipinski definition) is 3. The van der Waals surface area contributed by atoms with Crippen molar-refractivity contribution in [2.24, 2.45) is 5.92 Å². The fourth-order valence-electron chi connectivity index (χ4n) is 4.11. The maximum atomic E-state index is 14.9. The van der Waals surface area contributed by atoms with Gasteiger partial charge < -0.3 is 29.8 Å². The molecule has 0 spiro atoms. The molecule has 3 heterocycles. The van der Waals surface area contributed by atoms with Gasteiger partial charge in [0, 0.05) is 31.0 Å². The predicted molar refractivity (Wildman–Crippen MR) is 123 cm³/mol. The highest BCUT2D eigenvalue weighted by Crippen LogP contribution is 2.39. The number of carbonyl (C=O) groups is 1. The van der Waals surface area contributed by atoms with E-state index in [-0.39, 0.29) is 24.5 Å². The van der Waals surface area contributed by atoms with Crippen LogP contribution < -0.4 is 20.1 Å². The molecule has 0 atom stereocenters. The number of benzene rings is 1. The van der Waals surface area contributed by atoms with Gasteiger partial charge >= 0.3 is 0 Å². The molecule has 5 rings (SSSR count). The van der Waals surface area contributed by atoms with Gasteiger partial charge in [-0.25, -0.2) is 14.4 Å².